The Morgan fingerprint density at radius 3 is 3.00 bits per heavy atom. The third kappa shape index (κ3) is 1.62. The monoisotopic (exact) mass is 239 g/mol. The van der Waals surface area contributed by atoms with E-state index in [0.717, 1.165) is 5.22 Å². The van der Waals surface area contributed by atoms with Gasteiger partial charge in [-0.25, -0.2) is 4.99 Å². The van der Waals surface area contributed by atoms with Crippen molar-refractivity contribution >= 4 is 24.0 Å². The Morgan fingerprint density at radius 2 is 2.11 bits per heavy atom. The van der Waals surface area contributed by atoms with E-state index in [-0.39, 0.29) is 5.91 Å². The van der Waals surface area contributed by atoms with Gasteiger partial charge in [-0.2, -0.15) is 4.74 Å². The van der Waals surface area contributed by atoms with Gasteiger partial charge in [-0.15, -0.1) is 0 Å². The van der Waals surface area contributed by atoms with Gasteiger partial charge in [-0.1, -0.05) is 6.08 Å². The van der Waals surface area contributed by atoms with Gasteiger partial charge in [0.2, 0.25) is 5.36 Å². The van der Waals surface area contributed by atoms with Crippen LogP contribution in [-0.2, 0) is 0 Å². The molecule has 0 aliphatic carbocycles. The summed E-state index contributed by atoms with van der Waals surface area (Å²) >= 11 is 0. The molecule has 1 aromatic rings. The predicted octanol–water partition coefficient (Wildman–Crippen LogP) is -0.0573. The zero-order chi connectivity index (χ0) is 12.5. The van der Waals surface area contributed by atoms with E-state index in [1.807, 2.05) is 0 Å². The van der Waals surface area contributed by atoms with Crippen LogP contribution in [0, 0.1) is 5.21 Å². The minimum atomic E-state index is -0.202. The van der Waals surface area contributed by atoms with E-state index in [9.17, 15) is 10.0 Å². The van der Waals surface area contributed by atoms with Crippen LogP contribution in [0.4, 0.5) is 5.69 Å². The molecule has 2 aliphatic heterocycles. The van der Waals surface area contributed by atoms with Crippen LogP contribution >= 0.6 is 0 Å². The fourth-order valence-corrected chi connectivity index (χ4v) is 1.86. The second kappa shape index (κ2) is 3.96. The smallest absolute Gasteiger partial charge is 0.256 e. The van der Waals surface area contributed by atoms with Crippen molar-refractivity contribution < 1.29 is 4.79 Å². The summed E-state index contributed by atoms with van der Waals surface area (Å²) in [5.74, 6) is -0.202. The number of rotatable bonds is 0. The van der Waals surface area contributed by atoms with Gasteiger partial charge in [0.15, 0.2) is 6.20 Å². The standard InChI is InChI=1S/C13H9N3O2/c17-13-10-7-12-11(6-9(10)8-15-13)14-4-2-1-3-5-16(12)18/h1-8H,(H,15,17). The topological polar surface area (TPSA) is 67.5 Å². The lowest BCUT2D eigenvalue weighted by atomic mass is 10.1. The fourth-order valence-electron chi connectivity index (χ4n) is 1.86. The van der Waals surface area contributed by atoms with Crippen molar-refractivity contribution in [2.24, 2.45) is 4.99 Å². The van der Waals surface area contributed by atoms with Gasteiger partial charge < -0.3 is 10.5 Å². The first-order valence-corrected chi connectivity index (χ1v) is 5.42. The lowest BCUT2D eigenvalue weighted by Crippen LogP contribution is -2.24. The Labute approximate surface area is 102 Å². The molecular weight excluding hydrogens is 230 g/mol. The van der Waals surface area contributed by atoms with Crippen LogP contribution in [0.25, 0.3) is 6.20 Å². The highest BCUT2D eigenvalue weighted by molar-refractivity contribution is 6.00. The molecule has 18 heavy (non-hydrogen) atoms. The van der Waals surface area contributed by atoms with Gasteiger partial charge in [0.1, 0.15) is 5.69 Å². The van der Waals surface area contributed by atoms with Gasteiger partial charge >= 0.3 is 0 Å². The van der Waals surface area contributed by atoms with E-state index in [1.54, 1.807) is 42.8 Å². The zero-order valence-corrected chi connectivity index (χ0v) is 9.33. The lowest BCUT2D eigenvalue weighted by molar-refractivity contribution is 0.0980. The number of amides is 1. The highest BCUT2D eigenvalue weighted by Crippen LogP contribution is 2.05. The Balaban J connectivity index is 2.39. The maximum Gasteiger partial charge on any atom is 0.256 e. The summed E-state index contributed by atoms with van der Waals surface area (Å²) < 4.78 is 0.703. The Hall–Kier alpha value is -2.69. The molecule has 3 rings (SSSR count). The summed E-state index contributed by atoms with van der Waals surface area (Å²) in [4.78, 5) is 15.8. The molecule has 1 N–H and O–H groups in total. The van der Waals surface area contributed by atoms with E-state index in [0.29, 0.717) is 21.3 Å². The summed E-state index contributed by atoms with van der Waals surface area (Å²) in [6, 6.07) is 3.28. The van der Waals surface area contributed by atoms with Gasteiger partial charge in [-0.05, 0) is 12.1 Å². The van der Waals surface area contributed by atoms with E-state index in [1.165, 1.54) is 6.20 Å². The maximum absolute atomic E-state index is 11.9. The van der Waals surface area contributed by atoms with Gasteiger partial charge in [0.25, 0.3) is 5.91 Å². The minimum Gasteiger partial charge on any atom is -0.618 e. The summed E-state index contributed by atoms with van der Waals surface area (Å²) in [6.07, 6.45) is 9.67. The highest BCUT2D eigenvalue weighted by Gasteiger charge is 2.16. The molecular formula is C13H9N3O2. The van der Waals surface area contributed by atoms with E-state index in [2.05, 4.69) is 10.3 Å². The van der Waals surface area contributed by atoms with Gasteiger partial charge in [0, 0.05) is 29.8 Å². The second-order valence-corrected chi connectivity index (χ2v) is 3.88. The molecule has 0 atom stereocenters. The van der Waals surface area contributed by atoms with Crippen LogP contribution in [0.2, 0.25) is 0 Å². The second-order valence-electron chi connectivity index (χ2n) is 3.88. The number of aliphatic imine (C=N–C) groups is 1. The number of nitrogens with zero attached hydrogens (tertiary/aromatic N) is 2. The lowest BCUT2D eigenvalue weighted by Gasteiger charge is -2.00. The van der Waals surface area contributed by atoms with Crippen molar-refractivity contribution in [3.63, 3.8) is 0 Å². The van der Waals surface area contributed by atoms with Crippen LogP contribution in [0.3, 0.4) is 0 Å². The summed E-state index contributed by atoms with van der Waals surface area (Å²) in [6.45, 7) is 0. The van der Waals surface area contributed by atoms with Crippen molar-refractivity contribution in [2.45, 2.75) is 0 Å². The third-order valence-corrected chi connectivity index (χ3v) is 2.73. The maximum atomic E-state index is 11.9. The first-order valence-electron chi connectivity index (χ1n) is 5.42. The number of fused-ring (bicyclic) bond motifs is 2. The number of hydroxylamine groups is 1. The fraction of sp³-hybridized carbons (Fsp3) is 0. The van der Waals surface area contributed by atoms with Crippen molar-refractivity contribution in [1.29, 1.82) is 0 Å². The quantitative estimate of drug-likeness (QED) is 0.509. The molecule has 2 aliphatic rings. The number of hydrogen-bond acceptors (Lipinski definition) is 3. The molecule has 0 saturated carbocycles. The Kier molecular flexibility index (Phi) is 2.30. The van der Waals surface area contributed by atoms with Crippen molar-refractivity contribution in [1.82, 2.24) is 10.1 Å². The summed E-state index contributed by atoms with van der Waals surface area (Å²) in [5, 5.41) is 15.6. The molecule has 2 heterocycles. The normalized spacial score (nSPS) is 19.2. The number of benzene rings is 1. The van der Waals surface area contributed by atoms with Gasteiger partial charge in [0.05, 0.1) is 5.56 Å². The molecule has 0 spiro atoms. The first-order chi connectivity index (χ1) is 8.75. The van der Waals surface area contributed by atoms with Crippen LogP contribution in [-0.4, -0.2) is 12.1 Å². The SMILES string of the molecule is O=C1NC=c2cc3/c(cc21)=[N+](/[O-])C=CC=CC=N3. The average Bonchev–Trinajstić information content (AvgIpc) is 2.76. The molecule has 0 bridgehead atoms. The van der Waals surface area contributed by atoms with Crippen molar-refractivity contribution in [2.75, 3.05) is 0 Å². The van der Waals surface area contributed by atoms with Crippen molar-refractivity contribution in [3.05, 3.63) is 57.9 Å². The molecule has 0 unspecified atom stereocenters. The largest absolute Gasteiger partial charge is 0.618 e. The van der Waals surface area contributed by atoms with Crippen LogP contribution in [0.15, 0.2) is 41.6 Å². The summed E-state index contributed by atoms with van der Waals surface area (Å²) in [5.41, 5.74) is 1.03. The molecule has 0 aromatic heterocycles. The van der Waals surface area contributed by atoms with Gasteiger partial charge in [-0.3, -0.25) is 4.79 Å². The number of hydrogen-bond donors (Lipinski definition) is 1. The van der Waals surface area contributed by atoms with Crippen LogP contribution in [0.1, 0.15) is 10.4 Å². The molecule has 1 aromatic carbocycles. The molecule has 88 valence electrons. The van der Waals surface area contributed by atoms with E-state index >= 15 is 0 Å². The average molecular weight is 239 g/mol. The van der Waals surface area contributed by atoms with E-state index < -0.39 is 0 Å². The number of carbonyl (C=O) groups is 1. The first kappa shape index (κ1) is 10.5. The number of carbonyl (C=O) groups excluding carboxylic acids is 1. The number of allylic oxidation sites excluding steroid dienone is 3. The molecule has 5 heteroatoms. The van der Waals surface area contributed by atoms with Crippen molar-refractivity contribution in [3.8, 4) is 0 Å². The minimum absolute atomic E-state index is 0.202. The summed E-state index contributed by atoms with van der Waals surface area (Å²) in [7, 11) is 0. The third-order valence-electron chi connectivity index (χ3n) is 2.73. The number of nitrogens with one attached hydrogen (secondary N) is 1. The van der Waals surface area contributed by atoms with E-state index in [4.69, 9.17) is 0 Å². The van der Waals surface area contributed by atoms with Crippen LogP contribution < -0.4 is 20.6 Å². The zero-order valence-electron chi connectivity index (χ0n) is 9.33. The predicted molar refractivity (Wildman–Crippen MR) is 68.7 cm³/mol. The van der Waals surface area contributed by atoms with Crippen LogP contribution in [0.5, 0.6) is 0 Å². The molecule has 5 nitrogen and oxygen atoms in total. The highest BCUT2D eigenvalue weighted by atomic mass is 16.5. The molecule has 1 amide bonds. The molecule has 0 fully saturated rings. The Bertz CT molecular complexity index is 742. The molecule has 0 saturated heterocycles. The Morgan fingerprint density at radius 1 is 1.22 bits per heavy atom. The molecule has 0 radical (unpaired) electrons.